The van der Waals surface area contributed by atoms with Crippen molar-refractivity contribution in [1.82, 2.24) is 5.32 Å². The van der Waals surface area contributed by atoms with Crippen LogP contribution in [-0.4, -0.2) is 19.1 Å². The van der Waals surface area contributed by atoms with E-state index in [0.717, 1.165) is 12.3 Å². The van der Waals surface area contributed by atoms with E-state index >= 15 is 0 Å². The Kier molecular flexibility index (Phi) is 6.74. The number of nitrogens with one attached hydrogen (secondary N) is 1. The van der Waals surface area contributed by atoms with Crippen LogP contribution in [0.15, 0.2) is 24.3 Å². The summed E-state index contributed by atoms with van der Waals surface area (Å²) < 4.78 is 5.18. The van der Waals surface area contributed by atoms with Crippen molar-refractivity contribution in [2.45, 2.75) is 51.9 Å². The first kappa shape index (κ1) is 16.0. The molecule has 1 N–H and O–H groups in total. The van der Waals surface area contributed by atoms with E-state index in [4.69, 9.17) is 4.74 Å². The van der Waals surface area contributed by atoms with Gasteiger partial charge in [0.25, 0.3) is 0 Å². The zero-order valence-corrected chi connectivity index (χ0v) is 13.1. The molecule has 1 fully saturated rings. The van der Waals surface area contributed by atoms with Gasteiger partial charge in [-0.3, -0.25) is 4.79 Å². The number of aryl methyl sites for hydroxylation is 1. The largest absolute Gasteiger partial charge is 0.427 e. The van der Waals surface area contributed by atoms with Crippen molar-refractivity contribution in [3.8, 4) is 5.75 Å². The van der Waals surface area contributed by atoms with Crippen LogP contribution < -0.4 is 10.1 Å². The molecule has 3 nitrogen and oxygen atoms in total. The summed E-state index contributed by atoms with van der Waals surface area (Å²) >= 11 is 0. The lowest BCUT2D eigenvalue weighted by atomic mass is 9.92. The van der Waals surface area contributed by atoms with Gasteiger partial charge < -0.3 is 10.1 Å². The Morgan fingerprint density at radius 1 is 1.19 bits per heavy atom. The molecule has 21 heavy (non-hydrogen) atoms. The van der Waals surface area contributed by atoms with Gasteiger partial charge in [0.05, 0.1) is 0 Å². The summed E-state index contributed by atoms with van der Waals surface area (Å²) in [4.78, 5) is 11.2. The number of benzene rings is 1. The fourth-order valence-corrected chi connectivity index (χ4v) is 2.86. The number of rotatable bonds is 7. The van der Waals surface area contributed by atoms with Crippen LogP contribution in [0.3, 0.4) is 0 Å². The van der Waals surface area contributed by atoms with Crippen molar-refractivity contribution in [3.63, 3.8) is 0 Å². The lowest BCUT2D eigenvalue weighted by molar-refractivity contribution is -0.134. The van der Waals surface area contributed by atoms with Gasteiger partial charge in [0.1, 0.15) is 5.75 Å². The molecule has 2 rings (SSSR count). The molecule has 116 valence electrons. The third-order valence-corrected chi connectivity index (χ3v) is 4.23. The molecule has 1 heterocycles. The fraction of sp³-hybridized carbons (Fsp3) is 0.611. The lowest BCUT2D eigenvalue weighted by Gasteiger charge is -2.22. The smallest absolute Gasteiger partial charge is 0.310 e. The van der Waals surface area contributed by atoms with E-state index in [2.05, 4.69) is 17.4 Å². The molecule has 1 saturated heterocycles. The van der Waals surface area contributed by atoms with Crippen LogP contribution in [0.2, 0.25) is 0 Å². The number of esters is 1. The van der Waals surface area contributed by atoms with Gasteiger partial charge in [-0.05, 0) is 62.4 Å². The standard InChI is InChI=1S/C18H27NO2/c1-2-18(20)21-17-9-7-15(8-10-17)5-3-4-6-16-11-13-19-14-12-16/h7-10,16,19H,2-6,11-14H2,1H3. The van der Waals surface area contributed by atoms with Gasteiger partial charge in [0.15, 0.2) is 0 Å². The molecule has 0 saturated carbocycles. The van der Waals surface area contributed by atoms with Crippen LogP contribution in [0.1, 0.15) is 51.0 Å². The summed E-state index contributed by atoms with van der Waals surface area (Å²) in [7, 11) is 0. The molecule has 3 heteroatoms. The first-order valence-corrected chi connectivity index (χ1v) is 8.28. The van der Waals surface area contributed by atoms with E-state index in [0.29, 0.717) is 12.2 Å². The number of carbonyl (C=O) groups excluding carboxylic acids is 1. The monoisotopic (exact) mass is 289 g/mol. The highest BCUT2D eigenvalue weighted by Gasteiger charge is 2.11. The maximum Gasteiger partial charge on any atom is 0.310 e. The predicted octanol–water partition coefficient (Wildman–Crippen LogP) is 3.71. The third-order valence-electron chi connectivity index (χ3n) is 4.23. The molecule has 0 amide bonds. The highest BCUT2D eigenvalue weighted by Crippen LogP contribution is 2.20. The first-order chi connectivity index (χ1) is 10.3. The molecule has 0 spiro atoms. The highest BCUT2D eigenvalue weighted by molar-refractivity contribution is 5.71. The molecule has 0 radical (unpaired) electrons. The molecule has 0 atom stereocenters. The lowest BCUT2D eigenvalue weighted by Crippen LogP contribution is -2.27. The Labute approximate surface area is 128 Å². The van der Waals surface area contributed by atoms with Gasteiger partial charge in [-0.2, -0.15) is 0 Å². The summed E-state index contributed by atoms with van der Waals surface area (Å²) in [6.07, 6.45) is 8.16. The van der Waals surface area contributed by atoms with Crippen LogP contribution in [0.5, 0.6) is 5.75 Å². The second-order valence-electron chi connectivity index (χ2n) is 5.91. The number of carbonyl (C=O) groups is 1. The summed E-state index contributed by atoms with van der Waals surface area (Å²) in [5.74, 6) is 1.41. The zero-order valence-electron chi connectivity index (χ0n) is 13.1. The summed E-state index contributed by atoms with van der Waals surface area (Å²) in [6, 6.07) is 7.94. The average molecular weight is 289 g/mol. The van der Waals surface area contributed by atoms with Crippen molar-refractivity contribution in [3.05, 3.63) is 29.8 Å². The summed E-state index contributed by atoms with van der Waals surface area (Å²) in [6.45, 7) is 4.20. The maximum atomic E-state index is 11.2. The first-order valence-electron chi connectivity index (χ1n) is 8.28. The Bertz CT molecular complexity index is 421. The van der Waals surface area contributed by atoms with E-state index in [-0.39, 0.29) is 5.97 Å². The van der Waals surface area contributed by atoms with Gasteiger partial charge in [0.2, 0.25) is 0 Å². The van der Waals surface area contributed by atoms with Crippen molar-refractivity contribution in [2.75, 3.05) is 13.1 Å². The Morgan fingerprint density at radius 3 is 2.57 bits per heavy atom. The van der Waals surface area contributed by atoms with E-state index < -0.39 is 0 Å². The van der Waals surface area contributed by atoms with Crippen LogP contribution in [-0.2, 0) is 11.2 Å². The van der Waals surface area contributed by atoms with Gasteiger partial charge in [-0.15, -0.1) is 0 Å². The molecule has 1 aromatic rings. The molecule has 0 aromatic heterocycles. The molecular weight excluding hydrogens is 262 g/mol. The molecule has 1 aliphatic rings. The third kappa shape index (κ3) is 5.88. The minimum Gasteiger partial charge on any atom is -0.427 e. The second-order valence-corrected chi connectivity index (χ2v) is 5.91. The van der Waals surface area contributed by atoms with Gasteiger partial charge in [-0.1, -0.05) is 31.9 Å². The van der Waals surface area contributed by atoms with Crippen LogP contribution >= 0.6 is 0 Å². The molecule has 1 aliphatic heterocycles. The zero-order chi connectivity index (χ0) is 14.9. The normalized spacial score (nSPS) is 15.9. The molecular formula is C18H27NO2. The number of ether oxygens (including phenoxy) is 1. The van der Waals surface area contributed by atoms with Crippen molar-refractivity contribution >= 4 is 5.97 Å². The van der Waals surface area contributed by atoms with Crippen molar-refractivity contribution in [2.24, 2.45) is 5.92 Å². The van der Waals surface area contributed by atoms with Gasteiger partial charge in [-0.25, -0.2) is 0 Å². The second kappa shape index (κ2) is 8.83. The van der Waals surface area contributed by atoms with E-state index in [9.17, 15) is 4.79 Å². The quantitative estimate of drug-likeness (QED) is 0.472. The predicted molar refractivity (Wildman–Crippen MR) is 85.5 cm³/mol. The topological polar surface area (TPSA) is 38.3 Å². The number of unbranched alkanes of at least 4 members (excludes halogenated alkanes) is 1. The average Bonchev–Trinajstić information content (AvgIpc) is 2.54. The van der Waals surface area contributed by atoms with Gasteiger partial charge >= 0.3 is 5.97 Å². The highest BCUT2D eigenvalue weighted by atomic mass is 16.5. The minimum absolute atomic E-state index is 0.176. The number of hydrogen-bond acceptors (Lipinski definition) is 3. The number of piperidine rings is 1. The number of hydrogen-bond donors (Lipinski definition) is 1. The SMILES string of the molecule is CCC(=O)Oc1ccc(CCCCC2CCNCC2)cc1. The van der Waals surface area contributed by atoms with E-state index in [1.165, 1.54) is 50.8 Å². The Balaban J connectivity index is 1.65. The Morgan fingerprint density at radius 2 is 1.90 bits per heavy atom. The van der Waals surface area contributed by atoms with Crippen LogP contribution in [0.25, 0.3) is 0 Å². The van der Waals surface area contributed by atoms with E-state index in [1.54, 1.807) is 6.92 Å². The van der Waals surface area contributed by atoms with Crippen molar-refractivity contribution in [1.29, 1.82) is 0 Å². The molecule has 0 unspecified atom stereocenters. The van der Waals surface area contributed by atoms with Crippen LogP contribution in [0, 0.1) is 5.92 Å². The maximum absolute atomic E-state index is 11.2. The molecule has 0 aliphatic carbocycles. The van der Waals surface area contributed by atoms with Crippen LogP contribution in [0.4, 0.5) is 0 Å². The molecule has 1 aromatic carbocycles. The fourth-order valence-electron chi connectivity index (χ4n) is 2.86. The van der Waals surface area contributed by atoms with Gasteiger partial charge in [0, 0.05) is 6.42 Å². The van der Waals surface area contributed by atoms with Crippen molar-refractivity contribution < 1.29 is 9.53 Å². The summed E-state index contributed by atoms with van der Waals surface area (Å²) in [5.41, 5.74) is 1.33. The summed E-state index contributed by atoms with van der Waals surface area (Å²) in [5, 5.41) is 3.42. The Hall–Kier alpha value is -1.35. The minimum atomic E-state index is -0.176. The molecule has 0 bridgehead atoms. The van der Waals surface area contributed by atoms with E-state index in [1.807, 2.05) is 12.1 Å².